The van der Waals surface area contributed by atoms with Crippen LogP contribution in [-0.4, -0.2) is 20.9 Å². The zero-order valence-electron chi connectivity index (χ0n) is 16.1. The predicted octanol–water partition coefficient (Wildman–Crippen LogP) is 4.92. The molecule has 1 aromatic heterocycles. The number of nitro benzene ring substituents is 1. The molecule has 30 heavy (non-hydrogen) atoms. The molecule has 0 amide bonds. The van der Waals surface area contributed by atoms with Crippen molar-refractivity contribution < 1.29 is 18.1 Å². The summed E-state index contributed by atoms with van der Waals surface area (Å²) in [4.78, 5) is 10.3. The van der Waals surface area contributed by atoms with Crippen LogP contribution in [0, 0.1) is 24.0 Å². The van der Waals surface area contributed by atoms with Crippen LogP contribution in [0.2, 0.25) is 0 Å². The fraction of sp³-hybridized carbons (Fsp3) is 0.200. The Kier molecular flexibility index (Phi) is 5.86. The van der Waals surface area contributed by atoms with E-state index >= 15 is 0 Å². The lowest BCUT2D eigenvalue weighted by Gasteiger charge is -2.08. The Morgan fingerprint density at radius 3 is 2.53 bits per heavy atom. The Bertz CT molecular complexity index is 1090. The highest BCUT2D eigenvalue weighted by Gasteiger charge is 2.33. The van der Waals surface area contributed by atoms with Gasteiger partial charge in [0.1, 0.15) is 5.69 Å². The average Bonchev–Trinajstić information content (AvgIpc) is 2.95. The van der Waals surface area contributed by atoms with Gasteiger partial charge >= 0.3 is 6.18 Å². The van der Waals surface area contributed by atoms with Gasteiger partial charge in [0.05, 0.1) is 28.9 Å². The minimum absolute atomic E-state index is 0.142. The van der Waals surface area contributed by atoms with Crippen LogP contribution < -0.4 is 5.43 Å². The maximum absolute atomic E-state index is 12.8. The van der Waals surface area contributed by atoms with Crippen molar-refractivity contribution in [1.29, 1.82) is 0 Å². The number of benzene rings is 2. The van der Waals surface area contributed by atoms with Crippen LogP contribution >= 0.6 is 0 Å². The molecule has 0 unspecified atom stereocenters. The molecule has 0 saturated carbocycles. The number of aromatic nitrogens is 2. The van der Waals surface area contributed by atoms with Crippen LogP contribution in [0.4, 0.5) is 24.5 Å². The van der Waals surface area contributed by atoms with E-state index in [0.717, 1.165) is 23.4 Å². The topological polar surface area (TPSA) is 85.3 Å². The number of anilines is 1. The summed E-state index contributed by atoms with van der Waals surface area (Å²) in [5.41, 5.74) is 3.84. The molecule has 156 valence electrons. The van der Waals surface area contributed by atoms with Gasteiger partial charge in [0.15, 0.2) is 0 Å². The minimum Gasteiger partial charge on any atom is -0.272 e. The van der Waals surface area contributed by atoms with E-state index < -0.39 is 22.4 Å². The fourth-order valence-electron chi connectivity index (χ4n) is 2.93. The highest BCUT2D eigenvalue weighted by molar-refractivity contribution is 5.83. The average molecular weight is 417 g/mol. The molecule has 1 N–H and O–H groups in total. The van der Waals surface area contributed by atoms with Gasteiger partial charge in [-0.3, -0.25) is 20.2 Å². The molecule has 0 aliphatic heterocycles. The summed E-state index contributed by atoms with van der Waals surface area (Å²) in [7, 11) is 0. The standard InChI is InChI=1S/C20H18F3N5O2/c1-13-17(14(2)27(26-13)12-15-6-4-3-5-7-15)11-24-25-18-9-8-16(20(21,22)23)10-19(18)28(29)30/h3-11,25H,12H2,1-2H3/b24-11+. The number of alkyl halides is 3. The summed E-state index contributed by atoms with van der Waals surface area (Å²) in [5, 5.41) is 19.6. The molecular formula is C20H18F3N5O2. The molecular weight excluding hydrogens is 399 g/mol. The Balaban J connectivity index is 1.81. The molecule has 3 aromatic rings. The van der Waals surface area contributed by atoms with Gasteiger partial charge in [0.2, 0.25) is 0 Å². The lowest BCUT2D eigenvalue weighted by molar-refractivity contribution is -0.384. The van der Waals surface area contributed by atoms with E-state index in [1.54, 1.807) is 6.92 Å². The van der Waals surface area contributed by atoms with Crippen molar-refractivity contribution in [1.82, 2.24) is 9.78 Å². The van der Waals surface area contributed by atoms with Gasteiger partial charge in [-0.1, -0.05) is 30.3 Å². The highest BCUT2D eigenvalue weighted by atomic mass is 19.4. The van der Waals surface area contributed by atoms with Gasteiger partial charge in [-0.25, -0.2) is 0 Å². The summed E-state index contributed by atoms with van der Waals surface area (Å²) < 4.78 is 40.2. The van der Waals surface area contributed by atoms with Gasteiger partial charge in [-0.2, -0.15) is 23.4 Å². The summed E-state index contributed by atoms with van der Waals surface area (Å²) >= 11 is 0. The Labute approximate surface area is 170 Å². The van der Waals surface area contributed by atoms with Gasteiger partial charge in [0.25, 0.3) is 5.69 Å². The lowest BCUT2D eigenvalue weighted by Crippen LogP contribution is -2.07. The third-order valence-electron chi connectivity index (χ3n) is 4.51. The minimum atomic E-state index is -4.67. The van der Waals surface area contributed by atoms with Gasteiger partial charge < -0.3 is 0 Å². The zero-order chi connectivity index (χ0) is 21.9. The third kappa shape index (κ3) is 4.65. The predicted molar refractivity (Wildman–Crippen MR) is 107 cm³/mol. The van der Waals surface area contributed by atoms with Gasteiger partial charge in [-0.05, 0) is 31.5 Å². The normalized spacial score (nSPS) is 11.8. The van der Waals surface area contributed by atoms with Crippen LogP contribution in [0.5, 0.6) is 0 Å². The first-order valence-corrected chi connectivity index (χ1v) is 8.89. The number of hydrazone groups is 1. The molecule has 1 heterocycles. The van der Waals surface area contributed by atoms with E-state index in [0.29, 0.717) is 23.9 Å². The molecule has 10 heteroatoms. The Hall–Kier alpha value is -3.69. The highest BCUT2D eigenvalue weighted by Crippen LogP contribution is 2.34. The van der Waals surface area contributed by atoms with Crippen LogP contribution in [-0.2, 0) is 12.7 Å². The number of rotatable bonds is 6. The summed E-state index contributed by atoms with van der Waals surface area (Å²) in [5.74, 6) is 0. The Morgan fingerprint density at radius 2 is 1.90 bits per heavy atom. The number of halogens is 3. The van der Waals surface area contributed by atoms with Crippen molar-refractivity contribution in [3.8, 4) is 0 Å². The first-order chi connectivity index (χ1) is 14.2. The monoisotopic (exact) mass is 417 g/mol. The van der Waals surface area contributed by atoms with E-state index in [9.17, 15) is 23.3 Å². The molecule has 0 bridgehead atoms. The largest absolute Gasteiger partial charge is 0.416 e. The third-order valence-corrected chi connectivity index (χ3v) is 4.51. The molecule has 0 aliphatic carbocycles. The molecule has 2 aromatic carbocycles. The molecule has 3 rings (SSSR count). The van der Waals surface area contributed by atoms with Crippen LogP contribution in [0.3, 0.4) is 0 Å². The first kappa shape index (κ1) is 21.0. The number of hydrogen-bond acceptors (Lipinski definition) is 5. The van der Waals surface area contributed by atoms with Crippen LogP contribution in [0.25, 0.3) is 0 Å². The maximum atomic E-state index is 12.8. The zero-order valence-corrected chi connectivity index (χ0v) is 16.1. The molecule has 7 nitrogen and oxygen atoms in total. The fourth-order valence-corrected chi connectivity index (χ4v) is 2.93. The molecule has 0 saturated heterocycles. The van der Waals surface area contributed by atoms with Crippen molar-refractivity contribution in [2.24, 2.45) is 5.10 Å². The quantitative estimate of drug-likeness (QED) is 0.350. The number of nitrogens with one attached hydrogen (secondary N) is 1. The summed E-state index contributed by atoms with van der Waals surface area (Å²) in [6.07, 6.45) is -3.23. The molecule has 0 spiro atoms. The molecule has 0 atom stereocenters. The molecule has 0 fully saturated rings. The van der Waals surface area contributed by atoms with Crippen molar-refractivity contribution in [3.05, 3.63) is 86.7 Å². The van der Waals surface area contributed by atoms with Crippen LogP contribution in [0.15, 0.2) is 53.6 Å². The van der Waals surface area contributed by atoms with Crippen molar-refractivity contribution in [2.75, 3.05) is 5.43 Å². The Morgan fingerprint density at radius 1 is 1.20 bits per heavy atom. The van der Waals surface area contributed by atoms with Gasteiger partial charge in [0, 0.05) is 17.3 Å². The van der Waals surface area contributed by atoms with E-state index in [1.807, 2.05) is 41.9 Å². The smallest absolute Gasteiger partial charge is 0.272 e. The van der Waals surface area contributed by atoms with Crippen molar-refractivity contribution in [2.45, 2.75) is 26.6 Å². The SMILES string of the molecule is Cc1nn(Cc2ccccc2)c(C)c1/C=N/Nc1ccc(C(F)(F)F)cc1[N+](=O)[O-]. The van der Waals surface area contributed by atoms with Gasteiger partial charge in [-0.15, -0.1) is 0 Å². The maximum Gasteiger partial charge on any atom is 0.416 e. The number of hydrogen-bond donors (Lipinski definition) is 1. The van der Waals surface area contributed by atoms with Crippen molar-refractivity contribution >= 4 is 17.6 Å². The molecule has 0 aliphatic rings. The van der Waals surface area contributed by atoms with E-state index in [2.05, 4.69) is 15.6 Å². The van der Waals surface area contributed by atoms with Crippen LogP contribution in [0.1, 0.15) is 28.1 Å². The lowest BCUT2D eigenvalue weighted by atomic mass is 10.1. The number of nitro groups is 1. The van der Waals surface area contributed by atoms with E-state index in [-0.39, 0.29) is 5.69 Å². The second kappa shape index (κ2) is 8.36. The second-order valence-corrected chi connectivity index (χ2v) is 6.58. The second-order valence-electron chi connectivity index (χ2n) is 6.58. The number of nitrogens with zero attached hydrogens (tertiary/aromatic N) is 4. The van der Waals surface area contributed by atoms with Crippen molar-refractivity contribution in [3.63, 3.8) is 0 Å². The first-order valence-electron chi connectivity index (χ1n) is 8.89. The summed E-state index contributed by atoms with van der Waals surface area (Å²) in [6, 6.07) is 12.0. The summed E-state index contributed by atoms with van der Waals surface area (Å²) in [6.45, 7) is 4.24. The molecule has 0 radical (unpaired) electrons. The van der Waals surface area contributed by atoms with E-state index in [1.165, 1.54) is 6.21 Å². The number of aryl methyl sites for hydroxylation is 1. The van der Waals surface area contributed by atoms with E-state index in [4.69, 9.17) is 0 Å².